The molecule has 1 heterocycles. The molecule has 0 nitrogen and oxygen atoms in total. The highest BCUT2D eigenvalue weighted by Gasteiger charge is 2.37. The maximum atomic E-state index is 2.30. The number of thioether (sulfide) groups is 2. The van der Waals surface area contributed by atoms with Crippen molar-refractivity contribution < 1.29 is 0 Å². The topological polar surface area (TPSA) is 0 Å². The first-order valence-electron chi connectivity index (χ1n) is 6.27. The molecule has 0 saturated carbocycles. The summed E-state index contributed by atoms with van der Waals surface area (Å²) in [5, 5.41) is 0. The standard InChI is InChI=1S/C14H20S2/c1-3-5-11-14(10-4-2)15-12-8-6-7-9-13(12)16-14/h6-9H,3-5,10-11H2,1-2H3. The summed E-state index contributed by atoms with van der Waals surface area (Å²) in [6, 6.07) is 8.87. The summed E-state index contributed by atoms with van der Waals surface area (Å²) >= 11 is 4.22. The molecule has 0 spiro atoms. The van der Waals surface area contributed by atoms with Crippen LogP contribution in [0, 0.1) is 0 Å². The Bertz CT molecular complexity index is 321. The Kier molecular flexibility index (Phi) is 4.26. The zero-order chi connectivity index (χ0) is 11.4. The molecule has 2 heteroatoms. The van der Waals surface area contributed by atoms with E-state index in [2.05, 4.69) is 61.6 Å². The summed E-state index contributed by atoms with van der Waals surface area (Å²) in [7, 11) is 0. The number of rotatable bonds is 5. The fourth-order valence-corrected chi connectivity index (χ4v) is 5.69. The Morgan fingerprint density at radius 2 is 1.56 bits per heavy atom. The van der Waals surface area contributed by atoms with Crippen molar-refractivity contribution in [3.05, 3.63) is 24.3 Å². The highest BCUT2D eigenvalue weighted by molar-refractivity contribution is 8.20. The van der Waals surface area contributed by atoms with E-state index in [9.17, 15) is 0 Å². The minimum atomic E-state index is 0.439. The van der Waals surface area contributed by atoms with E-state index in [0.717, 1.165) is 0 Å². The Morgan fingerprint density at radius 1 is 0.938 bits per heavy atom. The molecule has 1 aromatic rings. The van der Waals surface area contributed by atoms with Gasteiger partial charge in [-0.05, 0) is 25.0 Å². The molecule has 0 radical (unpaired) electrons. The highest BCUT2D eigenvalue weighted by Crippen LogP contribution is 2.59. The van der Waals surface area contributed by atoms with Crippen molar-refractivity contribution in [2.45, 2.75) is 59.8 Å². The number of benzene rings is 1. The van der Waals surface area contributed by atoms with E-state index in [0.29, 0.717) is 4.08 Å². The van der Waals surface area contributed by atoms with Gasteiger partial charge in [0.2, 0.25) is 0 Å². The summed E-state index contributed by atoms with van der Waals surface area (Å²) in [5.74, 6) is 0. The van der Waals surface area contributed by atoms with Crippen LogP contribution in [-0.2, 0) is 0 Å². The van der Waals surface area contributed by atoms with Crippen LogP contribution in [0.3, 0.4) is 0 Å². The molecule has 1 aromatic carbocycles. The summed E-state index contributed by atoms with van der Waals surface area (Å²) in [4.78, 5) is 2.99. The van der Waals surface area contributed by atoms with Gasteiger partial charge in [-0.15, -0.1) is 23.5 Å². The minimum Gasteiger partial charge on any atom is -0.107 e. The average molecular weight is 252 g/mol. The summed E-state index contributed by atoms with van der Waals surface area (Å²) in [5.41, 5.74) is 0. The second-order valence-electron chi connectivity index (χ2n) is 4.42. The van der Waals surface area contributed by atoms with Crippen molar-refractivity contribution in [3.8, 4) is 0 Å². The molecule has 88 valence electrons. The summed E-state index contributed by atoms with van der Waals surface area (Å²) in [6.07, 6.45) is 6.63. The number of fused-ring (bicyclic) bond motifs is 1. The number of hydrogen-bond acceptors (Lipinski definition) is 2. The predicted molar refractivity (Wildman–Crippen MR) is 75.3 cm³/mol. The van der Waals surface area contributed by atoms with Crippen LogP contribution in [0.1, 0.15) is 46.0 Å². The van der Waals surface area contributed by atoms with Gasteiger partial charge in [0, 0.05) is 9.79 Å². The lowest BCUT2D eigenvalue weighted by Gasteiger charge is -2.26. The Morgan fingerprint density at radius 3 is 2.06 bits per heavy atom. The van der Waals surface area contributed by atoms with Crippen LogP contribution in [0.2, 0.25) is 0 Å². The van der Waals surface area contributed by atoms with Gasteiger partial charge in [-0.25, -0.2) is 0 Å². The molecule has 0 fully saturated rings. The second kappa shape index (κ2) is 5.50. The van der Waals surface area contributed by atoms with E-state index in [1.54, 1.807) is 0 Å². The van der Waals surface area contributed by atoms with Crippen molar-refractivity contribution in [2.75, 3.05) is 0 Å². The van der Waals surface area contributed by atoms with Crippen LogP contribution in [0.4, 0.5) is 0 Å². The van der Waals surface area contributed by atoms with E-state index in [1.807, 2.05) is 0 Å². The van der Waals surface area contributed by atoms with Crippen LogP contribution in [-0.4, -0.2) is 4.08 Å². The first-order valence-corrected chi connectivity index (χ1v) is 7.90. The minimum absolute atomic E-state index is 0.439. The molecule has 0 aromatic heterocycles. The van der Waals surface area contributed by atoms with E-state index >= 15 is 0 Å². The molecular formula is C14H20S2. The lowest BCUT2D eigenvalue weighted by molar-refractivity contribution is 0.608. The lowest BCUT2D eigenvalue weighted by atomic mass is 10.1. The van der Waals surface area contributed by atoms with Crippen LogP contribution < -0.4 is 0 Å². The quantitative estimate of drug-likeness (QED) is 0.672. The van der Waals surface area contributed by atoms with Gasteiger partial charge >= 0.3 is 0 Å². The first-order chi connectivity index (χ1) is 7.79. The summed E-state index contributed by atoms with van der Waals surface area (Å²) < 4.78 is 0.439. The van der Waals surface area contributed by atoms with Gasteiger partial charge in [0.25, 0.3) is 0 Å². The van der Waals surface area contributed by atoms with Crippen molar-refractivity contribution in [3.63, 3.8) is 0 Å². The molecule has 1 aliphatic heterocycles. The maximum Gasteiger partial charge on any atom is 0.0705 e. The van der Waals surface area contributed by atoms with Gasteiger partial charge in [-0.3, -0.25) is 0 Å². The number of hydrogen-bond donors (Lipinski definition) is 0. The molecule has 0 unspecified atom stereocenters. The van der Waals surface area contributed by atoms with Gasteiger partial charge in [0.15, 0.2) is 0 Å². The van der Waals surface area contributed by atoms with Crippen molar-refractivity contribution in [2.24, 2.45) is 0 Å². The van der Waals surface area contributed by atoms with E-state index in [1.165, 1.54) is 41.9 Å². The zero-order valence-electron chi connectivity index (χ0n) is 10.2. The third-order valence-electron chi connectivity index (χ3n) is 2.98. The van der Waals surface area contributed by atoms with Crippen LogP contribution in [0.5, 0.6) is 0 Å². The molecule has 2 rings (SSSR count). The second-order valence-corrected chi connectivity index (χ2v) is 7.52. The molecule has 0 saturated heterocycles. The largest absolute Gasteiger partial charge is 0.107 e. The smallest absolute Gasteiger partial charge is 0.0705 e. The van der Waals surface area contributed by atoms with Gasteiger partial charge in [-0.2, -0.15) is 0 Å². The molecule has 0 bridgehead atoms. The average Bonchev–Trinajstić information content (AvgIpc) is 2.65. The van der Waals surface area contributed by atoms with E-state index in [-0.39, 0.29) is 0 Å². The van der Waals surface area contributed by atoms with Crippen LogP contribution in [0.25, 0.3) is 0 Å². The fraction of sp³-hybridized carbons (Fsp3) is 0.571. The fourth-order valence-electron chi connectivity index (χ4n) is 2.20. The Labute approximate surface area is 108 Å². The monoisotopic (exact) mass is 252 g/mol. The molecule has 1 aliphatic rings. The SMILES string of the molecule is CCCCC1(CCC)Sc2ccccc2S1. The molecule has 16 heavy (non-hydrogen) atoms. The van der Waals surface area contributed by atoms with Gasteiger partial charge in [-0.1, -0.05) is 45.2 Å². The van der Waals surface area contributed by atoms with Crippen LogP contribution >= 0.6 is 23.5 Å². The Balaban J connectivity index is 2.13. The van der Waals surface area contributed by atoms with Crippen molar-refractivity contribution in [1.82, 2.24) is 0 Å². The highest BCUT2D eigenvalue weighted by atomic mass is 32.2. The zero-order valence-corrected chi connectivity index (χ0v) is 11.8. The molecule has 0 amide bonds. The number of unbranched alkanes of at least 4 members (excludes halogenated alkanes) is 1. The van der Waals surface area contributed by atoms with Gasteiger partial charge in [0.05, 0.1) is 4.08 Å². The Hall–Kier alpha value is -0.0800. The first kappa shape index (κ1) is 12.4. The maximum absolute atomic E-state index is 2.30. The van der Waals surface area contributed by atoms with E-state index in [4.69, 9.17) is 0 Å². The predicted octanol–water partition coefficient (Wildman–Crippen LogP) is 5.57. The molecule has 0 N–H and O–H groups in total. The van der Waals surface area contributed by atoms with Gasteiger partial charge in [0.1, 0.15) is 0 Å². The normalized spacial score (nSPS) is 17.4. The molecule has 0 atom stereocenters. The third kappa shape index (κ3) is 2.60. The summed E-state index contributed by atoms with van der Waals surface area (Å²) in [6.45, 7) is 4.59. The van der Waals surface area contributed by atoms with E-state index < -0.39 is 0 Å². The van der Waals surface area contributed by atoms with Gasteiger partial charge < -0.3 is 0 Å². The van der Waals surface area contributed by atoms with Crippen molar-refractivity contribution in [1.29, 1.82) is 0 Å². The third-order valence-corrected chi connectivity index (χ3v) is 6.32. The molecular weight excluding hydrogens is 232 g/mol. The van der Waals surface area contributed by atoms with Crippen molar-refractivity contribution >= 4 is 23.5 Å². The van der Waals surface area contributed by atoms with Crippen LogP contribution in [0.15, 0.2) is 34.1 Å². The molecule has 0 aliphatic carbocycles. The lowest BCUT2D eigenvalue weighted by Crippen LogP contribution is -2.16.